The van der Waals surface area contributed by atoms with Crippen molar-refractivity contribution in [1.29, 1.82) is 0 Å². The minimum atomic E-state index is -0.238. The Hall–Kier alpha value is -3.64. The Kier molecular flexibility index (Phi) is 7.37. The van der Waals surface area contributed by atoms with E-state index in [0.29, 0.717) is 35.3 Å². The van der Waals surface area contributed by atoms with Crippen molar-refractivity contribution in [2.24, 2.45) is 0 Å². The molecular formula is C27H29N3O3. The fourth-order valence-corrected chi connectivity index (χ4v) is 4.25. The molecule has 0 radical (unpaired) electrons. The van der Waals surface area contributed by atoms with Crippen molar-refractivity contribution in [2.75, 3.05) is 30.8 Å². The van der Waals surface area contributed by atoms with Crippen LogP contribution in [0.3, 0.4) is 0 Å². The molecule has 0 bridgehead atoms. The number of hydrogen-bond acceptors (Lipinski definition) is 4. The second-order valence-corrected chi connectivity index (χ2v) is 8.24. The van der Waals surface area contributed by atoms with Gasteiger partial charge in [0, 0.05) is 17.3 Å². The summed E-state index contributed by atoms with van der Waals surface area (Å²) in [7, 11) is 1.56. The zero-order valence-corrected chi connectivity index (χ0v) is 18.8. The van der Waals surface area contributed by atoms with Gasteiger partial charge in [0.2, 0.25) is 5.91 Å². The molecule has 6 heteroatoms. The maximum Gasteiger partial charge on any atom is 0.255 e. The Morgan fingerprint density at radius 2 is 1.67 bits per heavy atom. The van der Waals surface area contributed by atoms with Crippen LogP contribution in [-0.4, -0.2) is 43.0 Å². The van der Waals surface area contributed by atoms with Crippen molar-refractivity contribution >= 4 is 23.2 Å². The first-order chi connectivity index (χ1) is 16.1. The lowest BCUT2D eigenvalue weighted by molar-refractivity contribution is -0.117. The van der Waals surface area contributed by atoms with E-state index in [9.17, 15) is 9.59 Å². The smallest absolute Gasteiger partial charge is 0.255 e. The summed E-state index contributed by atoms with van der Waals surface area (Å²) >= 11 is 0. The number of rotatable bonds is 8. The zero-order chi connectivity index (χ0) is 23.0. The molecule has 1 atom stereocenters. The molecule has 0 aliphatic carbocycles. The molecule has 33 heavy (non-hydrogen) atoms. The van der Waals surface area contributed by atoms with Crippen LogP contribution in [0, 0.1) is 0 Å². The van der Waals surface area contributed by atoms with Crippen molar-refractivity contribution in [2.45, 2.75) is 25.3 Å². The molecule has 170 valence electrons. The first-order valence-electron chi connectivity index (χ1n) is 11.2. The van der Waals surface area contributed by atoms with Crippen LogP contribution >= 0.6 is 0 Å². The molecule has 0 saturated carbocycles. The molecule has 4 rings (SSSR count). The van der Waals surface area contributed by atoms with Crippen molar-refractivity contribution < 1.29 is 14.3 Å². The first-order valence-corrected chi connectivity index (χ1v) is 11.2. The summed E-state index contributed by atoms with van der Waals surface area (Å²) in [5, 5.41) is 5.81. The highest BCUT2D eigenvalue weighted by atomic mass is 16.5. The van der Waals surface area contributed by atoms with Gasteiger partial charge >= 0.3 is 0 Å². The Morgan fingerprint density at radius 3 is 2.42 bits per heavy atom. The molecule has 0 spiro atoms. The van der Waals surface area contributed by atoms with Gasteiger partial charge in [-0.05, 0) is 67.8 Å². The van der Waals surface area contributed by atoms with Gasteiger partial charge in [0.1, 0.15) is 5.75 Å². The third kappa shape index (κ3) is 5.99. The Bertz CT molecular complexity index is 1080. The highest BCUT2D eigenvalue weighted by Gasteiger charge is 2.26. The molecule has 3 aromatic carbocycles. The van der Waals surface area contributed by atoms with Crippen molar-refractivity contribution in [3.05, 3.63) is 90.0 Å². The molecule has 1 saturated heterocycles. The third-order valence-electron chi connectivity index (χ3n) is 5.95. The molecule has 0 aromatic heterocycles. The van der Waals surface area contributed by atoms with Gasteiger partial charge in [-0.25, -0.2) is 0 Å². The summed E-state index contributed by atoms with van der Waals surface area (Å²) in [6.07, 6.45) is 3.18. The van der Waals surface area contributed by atoms with Gasteiger partial charge in [0.15, 0.2) is 0 Å². The van der Waals surface area contributed by atoms with Crippen molar-refractivity contribution in [3.63, 3.8) is 0 Å². The number of nitrogens with zero attached hydrogens (tertiary/aromatic N) is 1. The van der Waals surface area contributed by atoms with E-state index in [4.69, 9.17) is 4.74 Å². The number of ether oxygens (including phenoxy) is 1. The fourth-order valence-electron chi connectivity index (χ4n) is 4.25. The number of carbonyl (C=O) groups is 2. The molecule has 1 unspecified atom stereocenters. The predicted octanol–water partition coefficient (Wildman–Crippen LogP) is 4.59. The number of carbonyl (C=O) groups excluding carboxylic acids is 2. The second kappa shape index (κ2) is 10.8. The van der Waals surface area contributed by atoms with Crippen molar-refractivity contribution in [3.8, 4) is 5.75 Å². The van der Waals surface area contributed by atoms with E-state index in [-0.39, 0.29) is 11.8 Å². The summed E-state index contributed by atoms with van der Waals surface area (Å²) in [5.41, 5.74) is 3.09. The number of nitrogens with one attached hydrogen (secondary N) is 2. The van der Waals surface area contributed by atoms with Crippen LogP contribution in [0.5, 0.6) is 5.75 Å². The minimum Gasteiger partial charge on any atom is -0.495 e. The number of anilines is 2. The molecule has 2 amide bonds. The van der Waals surface area contributed by atoms with E-state index in [1.165, 1.54) is 5.56 Å². The summed E-state index contributed by atoms with van der Waals surface area (Å²) in [6.45, 7) is 1.31. The van der Waals surface area contributed by atoms with E-state index >= 15 is 0 Å². The molecular weight excluding hydrogens is 414 g/mol. The number of amides is 2. The molecule has 1 aliphatic rings. The Balaban J connectivity index is 1.31. The average Bonchev–Trinajstić information content (AvgIpc) is 3.26. The monoisotopic (exact) mass is 443 g/mol. The number of likely N-dealkylation sites (tertiary alicyclic amines) is 1. The minimum absolute atomic E-state index is 0.0406. The standard InChI is InChI=1S/C27H29N3O3/c1-33-25-12-6-5-11-24(25)29-27(32)21-13-15-22(16-14-21)28-26(31)19-30-17-7-10-23(30)18-20-8-3-2-4-9-20/h2-6,8-9,11-16,23H,7,10,17-19H2,1H3,(H,28,31)(H,29,32). The largest absolute Gasteiger partial charge is 0.495 e. The highest BCUT2D eigenvalue weighted by molar-refractivity contribution is 6.05. The van der Waals surface area contributed by atoms with Gasteiger partial charge < -0.3 is 15.4 Å². The van der Waals surface area contributed by atoms with Crippen molar-refractivity contribution in [1.82, 2.24) is 4.90 Å². The van der Waals surface area contributed by atoms with Crippen LogP contribution in [-0.2, 0) is 11.2 Å². The van der Waals surface area contributed by atoms with E-state index in [1.54, 1.807) is 43.5 Å². The van der Waals surface area contributed by atoms with Crippen LogP contribution in [0.25, 0.3) is 0 Å². The molecule has 6 nitrogen and oxygen atoms in total. The van der Waals surface area contributed by atoms with Gasteiger partial charge in [-0.3, -0.25) is 14.5 Å². The fraction of sp³-hybridized carbons (Fsp3) is 0.259. The van der Waals surface area contributed by atoms with Crippen LogP contribution < -0.4 is 15.4 Å². The number of benzene rings is 3. The number of methoxy groups -OCH3 is 1. The van der Waals surface area contributed by atoms with Gasteiger partial charge in [-0.1, -0.05) is 42.5 Å². The Morgan fingerprint density at radius 1 is 0.939 bits per heavy atom. The normalized spacial score (nSPS) is 15.7. The Labute approximate surface area is 194 Å². The average molecular weight is 444 g/mol. The maximum absolute atomic E-state index is 12.7. The van der Waals surface area contributed by atoms with Gasteiger partial charge in [0.05, 0.1) is 19.3 Å². The SMILES string of the molecule is COc1ccccc1NC(=O)c1ccc(NC(=O)CN2CCCC2Cc2ccccc2)cc1. The lowest BCUT2D eigenvalue weighted by Crippen LogP contribution is -2.37. The molecule has 3 aromatic rings. The lowest BCUT2D eigenvalue weighted by atomic mass is 10.0. The van der Waals surface area contributed by atoms with E-state index in [0.717, 1.165) is 25.8 Å². The third-order valence-corrected chi connectivity index (χ3v) is 5.95. The molecule has 2 N–H and O–H groups in total. The first kappa shape index (κ1) is 22.6. The predicted molar refractivity (Wildman–Crippen MR) is 131 cm³/mol. The van der Waals surface area contributed by atoms with Crippen LogP contribution in [0.4, 0.5) is 11.4 Å². The second-order valence-electron chi connectivity index (χ2n) is 8.24. The highest BCUT2D eigenvalue weighted by Crippen LogP contribution is 2.24. The van der Waals surface area contributed by atoms with Gasteiger partial charge in [0.25, 0.3) is 5.91 Å². The molecule has 1 aliphatic heterocycles. The summed E-state index contributed by atoms with van der Waals surface area (Å²) < 4.78 is 5.27. The number of para-hydroxylation sites is 2. The van der Waals surface area contributed by atoms with Crippen LogP contribution in [0.2, 0.25) is 0 Å². The summed E-state index contributed by atoms with van der Waals surface area (Å²) in [6, 6.07) is 25.0. The quantitative estimate of drug-likeness (QED) is 0.534. The van der Waals surface area contributed by atoms with Crippen LogP contribution in [0.1, 0.15) is 28.8 Å². The summed E-state index contributed by atoms with van der Waals surface area (Å²) in [4.78, 5) is 27.5. The van der Waals surface area contributed by atoms with E-state index in [1.807, 2.05) is 18.2 Å². The van der Waals surface area contributed by atoms with E-state index in [2.05, 4.69) is 39.8 Å². The number of hydrogen-bond donors (Lipinski definition) is 2. The van der Waals surface area contributed by atoms with Gasteiger partial charge in [-0.2, -0.15) is 0 Å². The van der Waals surface area contributed by atoms with E-state index < -0.39 is 0 Å². The molecule has 1 fully saturated rings. The maximum atomic E-state index is 12.7. The molecule has 1 heterocycles. The zero-order valence-electron chi connectivity index (χ0n) is 18.8. The van der Waals surface area contributed by atoms with Gasteiger partial charge in [-0.15, -0.1) is 0 Å². The summed E-state index contributed by atoms with van der Waals surface area (Å²) in [5.74, 6) is 0.321. The lowest BCUT2D eigenvalue weighted by Gasteiger charge is -2.24. The van der Waals surface area contributed by atoms with Crippen LogP contribution in [0.15, 0.2) is 78.9 Å². The topological polar surface area (TPSA) is 70.7 Å².